The van der Waals surface area contributed by atoms with E-state index in [2.05, 4.69) is 142 Å². The molecule has 22 nitrogen and oxygen atoms in total. The number of carbonyl (C=O) groups excluding carboxylic acids is 8. The third-order valence-corrected chi connectivity index (χ3v) is 11.1. The summed E-state index contributed by atoms with van der Waals surface area (Å²) in [4.78, 5) is 93.4. The van der Waals surface area contributed by atoms with Gasteiger partial charge < -0.3 is 24.7 Å². The van der Waals surface area contributed by atoms with Gasteiger partial charge in [-0.1, -0.05) is 10.2 Å². The van der Waals surface area contributed by atoms with Gasteiger partial charge in [-0.15, -0.1) is 0 Å². The monoisotopic (exact) mass is 1150 g/mol. The Bertz CT molecular complexity index is 1550. The van der Waals surface area contributed by atoms with Crippen LogP contribution in [-0.4, -0.2) is 124 Å². The van der Waals surface area contributed by atoms with Gasteiger partial charge in [0, 0.05) is 41.1 Å². The van der Waals surface area contributed by atoms with Gasteiger partial charge in [-0.25, -0.2) is 9.59 Å². The summed E-state index contributed by atoms with van der Waals surface area (Å²) in [5.74, 6) is -3.03. The summed E-state index contributed by atoms with van der Waals surface area (Å²) in [6, 6.07) is 0. The number of nitrogens with two attached hydrogens (primary N) is 1. The topological polar surface area (TPSA) is 316 Å². The molecule has 0 saturated heterocycles. The lowest BCUT2D eigenvalue weighted by Crippen LogP contribution is -2.37. The number of amides is 7. The quantitative estimate of drug-likeness (QED) is 0.0708. The van der Waals surface area contributed by atoms with Crippen molar-refractivity contribution in [2.45, 2.75) is 0 Å². The number of nitrogens with one attached hydrogen (secondary N) is 1. The number of methoxy groups -OCH3 is 2. The second-order valence-electron chi connectivity index (χ2n) is 8.21. The van der Waals surface area contributed by atoms with Crippen molar-refractivity contribution < 1.29 is 57.3 Å². The van der Waals surface area contributed by atoms with Crippen LogP contribution in [0.1, 0.15) is 0 Å². The third-order valence-electron chi connectivity index (χ3n) is 4.89. The van der Waals surface area contributed by atoms with Crippen molar-refractivity contribution in [2.24, 2.45) is 16.0 Å². The number of halogens is 7. The molecule has 29 heteroatoms. The molecule has 0 fully saturated rings. The summed E-state index contributed by atoms with van der Waals surface area (Å²) in [6.45, 7) is 2.74. The van der Waals surface area contributed by atoms with Crippen LogP contribution in [0.15, 0.2) is 37.1 Å². The maximum Gasteiger partial charge on any atom is 0.423 e. The predicted octanol–water partition coefficient (Wildman–Crippen LogP) is 4.71. The highest BCUT2D eigenvalue weighted by atomic mass is 79.9. The van der Waals surface area contributed by atoms with Crippen molar-refractivity contribution in [3.63, 3.8) is 0 Å². The largest absolute Gasteiger partial charge is 0.457 e. The van der Waals surface area contributed by atoms with Crippen molar-refractivity contribution in [3.8, 4) is 0 Å². The van der Waals surface area contributed by atoms with Gasteiger partial charge in [0.2, 0.25) is 0 Å². The van der Waals surface area contributed by atoms with Crippen LogP contribution in [-0.2, 0) is 47.7 Å². The van der Waals surface area contributed by atoms with Crippen molar-refractivity contribution in [1.82, 2.24) is 15.1 Å². The lowest BCUT2D eigenvalue weighted by Gasteiger charge is -2.13. The van der Waals surface area contributed by atoms with E-state index in [1.807, 2.05) is 0 Å². The van der Waals surface area contributed by atoms with Crippen LogP contribution >= 0.6 is 107 Å². The lowest BCUT2D eigenvalue weighted by atomic mass is 10.5. The first-order valence-corrected chi connectivity index (χ1v) is 18.5. The number of ether oxygens (including phenoxy) is 4. The summed E-state index contributed by atoms with van der Waals surface area (Å²) in [5.41, 5.74) is 20.2. The number of nitrogens with zero attached hydrogens (tertiary/aromatic N) is 8. The smallest absolute Gasteiger partial charge is 0.423 e. The van der Waals surface area contributed by atoms with Crippen LogP contribution in [0.3, 0.4) is 0 Å². The third kappa shape index (κ3) is 19.4. The van der Waals surface area contributed by atoms with Crippen LogP contribution in [0.5, 0.6) is 0 Å². The zero-order valence-electron chi connectivity index (χ0n) is 26.9. The Balaban J connectivity index is 0. The molecule has 292 valence electrons. The van der Waals surface area contributed by atoms with Gasteiger partial charge in [0.15, 0.2) is 0 Å². The van der Waals surface area contributed by atoms with Crippen molar-refractivity contribution in [3.05, 3.63) is 47.8 Å². The van der Waals surface area contributed by atoms with Gasteiger partial charge in [0.25, 0.3) is 35.4 Å². The molecule has 0 spiro atoms. The van der Waals surface area contributed by atoms with E-state index in [1.165, 1.54) is 7.11 Å². The minimum Gasteiger partial charge on any atom is -0.457 e. The predicted molar refractivity (Wildman–Crippen MR) is 206 cm³/mol. The van der Waals surface area contributed by atoms with E-state index in [0.29, 0.717) is 31.2 Å². The first-order valence-electron chi connectivity index (χ1n) is 13.4. The Morgan fingerprint density at radius 2 is 1.08 bits per heavy atom. The van der Waals surface area contributed by atoms with E-state index < -0.39 is 35.2 Å². The number of carbonyl (C=O) groups is 8. The van der Waals surface area contributed by atoms with Gasteiger partial charge >= 0.3 is 11.5 Å². The molecule has 0 radical (unpaired) electrons. The lowest BCUT2D eigenvalue weighted by molar-refractivity contribution is -0.138. The number of hydrogen-bond donors (Lipinski definition) is 2. The number of rotatable bonds is 11. The van der Waals surface area contributed by atoms with E-state index in [0.717, 1.165) is 12.0 Å². The molecule has 0 aromatic rings. The summed E-state index contributed by atoms with van der Waals surface area (Å²) >= 11 is 22.2. The Hall–Kier alpha value is -2.75. The maximum atomic E-state index is 11.5. The van der Waals surface area contributed by atoms with Gasteiger partial charge in [0.1, 0.15) is 26.9 Å². The molecule has 3 rings (SSSR count). The summed E-state index contributed by atoms with van der Waals surface area (Å²) in [6.07, 6.45) is -0.999. The molecule has 0 unspecified atom stereocenters. The first kappa shape index (κ1) is 52.4. The fourth-order valence-corrected chi connectivity index (χ4v) is 4.63. The van der Waals surface area contributed by atoms with Gasteiger partial charge in [-0.2, -0.15) is 4.90 Å². The zero-order chi connectivity index (χ0) is 41.3. The molecule has 0 aromatic carbocycles. The van der Waals surface area contributed by atoms with E-state index in [4.69, 9.17) is 26.3 Å². The number of azide groups is 2. The normalized spacial score (nSPS) is 14.5. The molecule has 3 aliphatic heterocycles. The Kier molecular flexibility index (Phi) is 29.2. The standard InChI is InChI=1S/C8H8Br2N4O3.C6H3Br2NO4.C4HBr2NO2.C4H10N4O.C2H3ClO2/c9-5-6(10)8(16)14(7(5)15)2-4-17-3-1-12-13-11;1-13-6(12)9-4(10)2(7)3(8)5(9)11;5-1-2(6)4(9)7-3(1)8;5-1-3-9-4-2-7-8-6;1-5-2(3)4/h1-4H2;1H3;(H,7,8,9);1-5H2;1H3. The molecule has 0 saturated carbocycles. The fourth-order valence-electron chi connectivity index (χ4n) is 2.61. The second kappa shape index (κ2) is 29.6. The highest BCUT2D eigenvalue weighted by Crippen LogP contribution is 2.30. The van der Waals surface area contributed by atoms with Crippen LogP contribution < -0.4 is 11.1 Å². The minimum atomic E-state index is -0.999. The van der Waals surface area contributed by atoms with Gasteiger partial charge in [-0.05, 0) is 107 Å². The summed E-state index contributed by atoms with van der Waals surface area (Å²) in [5, 5.41) is 8.61. The Morgan fingerprint density at radius 3 is 1.38 bits per heavy atom. The van der Waals surface area contributed by atoms with E-state index in [1.54, 1.807) is 0 Å². The molecular weight excluding hydrogens is 1140 g/mol. The highest BCUT2D eigenvalue weighted by Gasteiger charge is 2.41. The molecule has 7 amide bonds. The van der Waals surface area contributed by atoms with Crippen molar-refractivity contribution in [1.29, 1.82) is 0 Å². The van der Waals surface area contributed by atoms with Crippen LogP contribution in [0.4, 0.5) is 9.59 Å². The zero-order valence-corrected chi connectivity index (χ0v) is 37.1. The van der Waals surface area contributed by atoms with Crippen molar-refractivity contribution in [2.75, 3.05) is 66.8 Å². The molecule has 0 aliphatic carbocycles. The highest BCUT2D eigenvalue weighted by molar-refractivity contribution is 9.15. The average Bonchev–Trinajstić information content (AvgIpc) is 3.57. The van der Waals surface area contributed by atoms with E-state index in [-0.39, 0.29) is 65.0 Å². The van der Waals surface area contributed by atoms with Crippen LogP contribution in [0.2, 0.25) is 0 Å². The summed E-state index contributed by atoms with van der Waals surface area (Å²) in [7, 11) is 2.30. The molecule has 3 N–H and O–H groups in total. The van der Waals surface area contributed by atoms with Crippen LogP contribution in [0, 0.1) is 0 Å². The van der Waals surface area contributed by atoms with Gasteiger partial charge in [0.05, 0.1) is 47.2 Å². The first-order chi connectivity index (χ1) is 24.9. The molecule has 0 atom stereocenters. The average molecular weight is 1160 g/mol. The van der Waals surface area contributed by atoms with E-state index in [9.17, 15) is 38.4 Å². The molecule has 0 bridgehead atoms. The van der Waals surface area contributed by atoms with Gasteiger partial charge in [-0.3, -0.25) is 39.0 Å². The Morgan fingerprint density at radius 1 is 0.698 bits per heavy atom. The second-order valence-corrected chi connectivity index (χ2v) is 13.3. The minimum absolute atomic E-state index is 0.0166. The number of imide groups is 5. The molecule has 53 heavy (non-hydrogen) atoms. The summed E-state index contributed by atoms with van der Waals surface area (Å²) < 4.78 is 19.1. The molecule has 3 aliphatic rings. The van der Waals surface area contributed by atoms with E-state index >= 15 is 0 Å². The fraction of sp³-hybridized carbons (Fsp3) is 0.417. The number of hydrogen-bond acceptors (Lipinski definition) is 15. The maximum absolute atomic E-state index is 11.5. The molecular formula is C24H25Br6ClN10O12. The van der Waals surface area contributed by atoms with Crippen LogP contribution in [0.25, 0.3) is 20.9 Å². The SMILES string of the molecule is COC(=O)Cl.COC(=O)N1C(=O)C(Br)=C(Br)C1=O.O=C1NC(=O)C(Br)=C1Br.[N-]=[N+]=NCCOCCN.[N-]=[N+]=NCCOCCN1C(=O)C(Br)=C(Br)C1=O. The molecule has 0 aromatic heterocycles. The van der Waals surface area contributed by atoms with Crippen molar-refractivity contribution >= 4 is 154 Å². The Labute approximate surface area is 354 Å². The molecule has 3 heterocycles.